The third kappa shape index (κ3) is 5.96. The highest BCUT2D eigenvalue weighted by molar-refractivity contribution is 5.94. The molecule has 1 aliphatic rings. The SMILES string of the molecule is CCCNC(=O)c1ccc(OC2CCN(C(=O)OC(C)(C)C)C2)cc1. The molecule has 0 bridgehead atoms. The van der Waals surface area contributed by atoms with E-state index < -0.39 is 5.60 Å². The summed E-state index contributed by atoms with van der Waals surface area (Å²) in [7, 11) is 0. The molecule has 1 N–H and O–H groups in total. The van der Waals surface area contributed by atoms with Crippen LogP contribution in [0, 0.1) is 0 Å². The number of nitrogens with one attached hydrogen (secondary N) is 1. The second kappa shape index (κ2) is 8.23. The summed E-state index contributed by atoms with van der Waals surface area (Å²) in [6, 6.07) is 7.08. The molecule has 1 atom stereocenters. The highest BCUT2D eigenvalue weighted by Crippen LogP contribution is 2.21. The zero-order valence-corrected chi connectivity index (χ0v) is 15.5. The largest absolute Gasteiger partial charge is 0.489 e. The summed E-state index contributed by atoms with van der Waals surface area (Å²) in [5.41, 5.74) is 0.118. The molecule has 1 unspecified atom stereocenters. The standard InChI is InChI=1S/C19H28N2O4/c1-5-11-20-17(22)14-6-8-15(9-7-14)24-16-10-12-21(13-16)18(23)25-19(2,3)4/h6-9,16H,5,10-13H2,1-4H3,(H,20,22). The number of benzene rings is 1. The second-order valence-electron chi connectivity index (χ2n) is 7.24. The third-order valence-electron chi connectivity index (χ3n) is 3.75. The van der Waals surface area contributed by atoms with Gasteiger partial charge in [-0.2, -0.15) is 0 Å². The summed E-state index contributed by atoms with van der Waals surface area (Å²) in [6.45, 7) is 9.37. The van der Waals surface area contributed by atoms with Crippen molar-refractivity contribution in [2.75, 3.05) is 19.6 Å². The zero-order valence-electron chi connectivity index (χ0n) is 15.5. The van der Waals surface area contributed by atoms with Crippen molar-refractivity contribution in [3.05, 3.63) is 29.8 Å². The van der Waals surface area contributed by atoms with Gasteiger partial charge >= 0.3 is 6.09 Å². The lowest BCUT2D eigenvalue weighted by molar-refractivity contribution is 0.0275. The molecule has 6 nitrogen and oxygen atoms in total. The average molecular weight is 348 g/mol. The van der Waals surface area contributed by atoms with Crippen molar-refractivity contribution >= 4 is 12.0 Å². The number of amides is 2. The highest BCUT2D eigenvalue weighted by Gasteiger charge is 2.30. The Bertz CT molecular complexity index is 592. The van der Waals surface area contributed by atoms with E-state index >= 15 is 0 Å². The third-order valence-corrected chi connectivity index (χ3v) is 3.75. The molecule has 1 heterocycles. The quantitative estimate of drug-likeness (QED) is 0.887. The molecular formula is C19H28N2O4. The summed E-state index contributed by atoms with van der Waals surface area (Å²) in [5, 5.41) is 2.84. The van der Waals surface area contributed by atoms with E-state index in [4.69, 9.17) is 9.47 Å². The molecule has 0 saturated carbocycles. The molecule has 6 heteroatoms. The fourth-order valence-corrected chi connectivity index (χ4v) is 2.53. The summed E-state index contributed by atoms with van der Waals surface area (Å²) in [6.07, 6.45) is 1.30. The molecule has 2 amide bonds. The topological polar surface area (TPSA) is 67.9 Å². The Morgan fingerprint density at radius 3 is 2.52 bits per heavy atom. The first-order valence-corrected chi connectivity index (χ1v) is 8.81. The van der Waals surface area contributed by atoms with Gasteiger partial charge in [-0.3, -0.25) is 4.79 Å². The van der Waals surface area contributed by atoms with Crippen LogP contribution in [0.5, 0.6) is 5.75 Å². The predicted octanol–water partition coefficient (Wildman–Crippen LogP) is 3.21. The number of hydrogen-bond acceptors (Lipinski definition) is 4. The van der Waals surface area contributed by atoms with Crippen molar-refractivity contribution in [1.29, 1.82) is 0 Å². The van der Waals surface area contributed by atoms with E-state index in [0.717, 1.165) is 12.8 Å². The Balaban J connectivity index is 1.85. The minimum atomic E-state index is -0.496. The molecule has 0 aliphatic carbocycles. The molecule has 0 aromatic heterocycles. The molecule has 138 valence electrons. The second-order valence-corrected chi connectivity index (χ2v) is 7.24. The number of nitrogens with zero attached hydrogens (tertiary/aromatic N) is 1. The van der Waals surface area contributed by atoms with Crippen LogP contribution in [0.2, 0.25) is 0 Å². The maximum absolute atomic E-state index is 12.1. The van der Waals surface area contributed by atoms with Crippen LogP contribution in [0.3, 0.4) is 0 Å². The first-order valence-electron chi connectivity index (χ1n) is 8.81. The van der Waals surface area contributed by atoms with Crippen LogP contribution in [0.1, 0.15) is 50.9 Å². The lowest BCUT2D eigenvalue weighted by Crippen LogP contribution is -2.36. The summed E-state index contributed by atoms with van der Waals surface area (Å²) in [5.74, 6) is 0.619. The van der Waals surface area contributed by atoms with Crippen molar-refractivity contribution in [1.82, 2.24) is 10.2 Å². The van der Waals surface area contributed by atoms with Crippen molar-refractivity contribution in [3.63, 3.8) is 0 Å². The summed E-state index contributed by atoms with van der Waals surface area (Å²) >= 11 is 0. The Labute approximate surface area is 149 Å². The van der Waals surface area contributed by atoms with Crippen LogP contribution in [0.4, 0.5) is 4.79 Å². The fourth-order valence-electron chi connectivity index (χ4n) is 2.53. The molecule has 25 heavy (non-hydrogen) atoms. The molecule has 1 saturated heterocycles. The lowest BCUT2D eigenvalue weighted by Gasteiger charge is -2.24. The molecule has 1 aromatic rings. The van der Waals surface area contributed by atoms with Gasteiger partial charge in [0.2, 0.25) is 0 Å². The smallest absolute Gasteiger partial charge is 0.410 e. The lowest BCUT2D eigenvalue weighted by atomic mass is 10.2. The molecule has 0 spiro atoms. The van der Waals surface area contributed by atoms with Crippen LogP contribution in [-0.4, -0.2) is 48.2 Å². The Hall–Kier alpha value is -2.24. The van der Waals surface area contributed by atoms with Crippen LogP contribution >= 0.6 is 0 Å². The molecule has 2 rings (SSSR count). The molecule has 1 aliphatic heterocycles. The summed E-state index contributed by atoms with van der Waals surface area (Å²) < 4.78 is 11.3. The minimum Gasteiger partial charge on any atom is -0.489 e. The van der Waals surface area contributed by atoms with Gasteiger partial charge in [0.15, 0.2) is 0 Å². The van der Waals surface area contributed by atoms with Gasteiger partial charge in [-0.1, -0.05) is 6.92 Å². The minimum absolute atomic E-state index is 0.0627. The van der Waals surface area contributed by atoms with Crippen LogP contribution < -0.4 is 10.1 Å². The first kappa shape index (κ1) is 19.1. The molecular weight excluding hydrogens is 320 g/mol. The number of likely N-dealkylation sites (tertiary alicyclic amines) is 1. The average Bonchev–Trinajstić information content (AvgIpc) is 3.00. The van der Waals surface area contributed by atoms with Gasteiger partial charge in [-0.05, 0) is 51.5 Å². The van der Waals surface area contributed by atoms with Gasteiger partial charge in [0, 0.05) is 25.1 Å². The van der Waals surface area contributed by atoms with Gasteiger partial charge in [0.1, 0.15) is 17.5 Å². The van der Waals surface area contributed by atoms with E-state index in [2.05, 4.69) is 5.32 Å². The number of ether oxygens (including phenoxy) is 2. The van der Waals surface area contributed by atoms with Gasteiger partial charge in [-0.15, -0.1) is 0 Å². The molecule has 1 fully saturated rings. The van der Waals surface area contributed by atoms with E-state index in [1.165, 1.54) is 0 Å². The summed E-state index contributed by atoms with van der Waals surface area (Å²) in [4.78, 5) is 25.6. The number of carbonyl (C=O) groups excluding carboxylic acids is 2. The molecule has 1 aromatic carbocycles. The van der Waals surface area contributed by atoms with Gasteiger partial charge in [-0.25, -0.2) is 4.79 Å². The van der Waals surface area contributed by atoms with E-state index in [0.29, 0.717) is 30.9 Å². The van der Waals surface area contributed by atoms with Crippen LogP contribution in [0.25, 0.3) is 0 Å². The first-order chi connectivity index (χ1) is 11.8. The number of hydrogen-bond donors (Lipinski definition) is 1. The van der Waals surface area contributed by atoms with Crippen molar-refractivity contribution in [3.8, 4) is 5.75 Å². The Morgan fingerprint density at radius 1 is 1.24 bits per heavy atom. The van der Waals surface area contributed by atoms with Gasteiger partial charge in [0.05, 0.1) is 6.54 Å². The highest BCUT2D eigenvalue weighted by atomic mass is 16.6. The number of rotatable bonds is 5. The Kier molecular flexibility index (Phi) is 6.28. The van der Waals surface area contributed by atoms with Crippen LogP contribution in [-0.2, 0) is 4.74 Å². The number of carbonyl (C=O) groups is 2. The fraction of sp³-hybridized carbons (Fsp3) is 0.579. The van der Waals surface area contributed by atoms with E-state index in [9.17, 15) is 9.59 Å². The van der Waals surface area contributed by atoms with E-state index in [-0.39, 0.29) is 18.1 Å². The van der Waals surface area contributed by atoms with Gasteiger partial charge < -0.3 is 19.7 Å². The normalized spacial score (nSPS) is 17.3. The van der Waals surface area contributed by atoms with Crippen molar-refractivity contribution in [2.24, 2.45) is 0 Å². The van der Waals surface area contributed by atoms with E-state index in [1.807, 2.05) is 27.7 Å². The van der Waals surface area contributed by atoms with E-state index in [1.54, 1.807) is 29.2 Å². The van der Waals surface area contributed by atoms with Crippen molar-refractivity contribution in [2.45, 2.75) is 52.2 Å². The maximum Gasteiger partial charge on any atom is 0.410 e. The maximum atomic E-state index is 12.1. The van der Waals surface area contributed by atoms with Crippen molar-refractivity contribution < 1.29 is 19.1 Å². The zero-order chi connectivity index (χ0) is 18.4. The van der Waals surface area contributed by atoms with Gasteiger partial charge in [0.25, 0.3) is 5.91 Å². The molecule has 0 radical (unpaired) electrons. The predicted molar refractivity (Wildman–Crippen MR) is 95.9 cm³/mol. The Morgan fingerprint density at radius 2 is 1.92 bits per heavy atom. The monoisotopic (exact) mass is 348 g/mol. The van der Waals surface area contributed by atoms with Crippen LogP contribution in [0.15, 0.2) is 24.3 Å².